The van der Waals surface area contributed by atoms with E-state index in [-0.39, 0.29) is 5.56 Å². The monoisotopic (exact) mass is 1140 g/mol. The Hall–Kier alpha value is -4.31. The molecule has 29 nitrogen and oxygen atoms in total. The maximum Gasteiger partial charge on any atom is 0.251 e. The summed E-state index contributed by atoms with van der Waals surface area (Å²) >= 11 is 0. The van der Waals surface area contributed by atoms with Gasteiger partial charge in [-0.2, -0.15) is 0 Å². The van der Waals surface area contributed by atoms with Crippen molar-refractivity contribution in [1.29, 1.82) is 0 Å². The fourth-order valence-electron chi connectivity index (χ4n) is 9.20. The Morgan fingerprint density at radius 3 is 1.58 bits per heavy atom. The van der Waals surface area contributed by atoms with Gasteiger partial charge in [-0.15, -0.1) is 11.8 Å². The second-order valence-corrected chi connectivity index (χ2v) is 20.1. The van der Waals surface area contributed by atoms with Gasteiger partial charge in [-0.25, -0.2) is 8.42 Å². The Labute approximate surface area is 450 Å². The van der Waals surface area contributed by atoms with Crippen molar-refractivity contribution in [2.45, 2.75) is 195 Å². The van der Waals surface area contributed by atoms with Crippen LogP contribution in [0.15, 0.2) is 24.3 Å². The summed E-state index contributed by atoms with van der Waals surface area (Å²) in [7, 11) is -5.41. The first-order valence-corrected chi connectivity index (χ1v) is 26.8. The van der Waals surface area contributed by atoms with E-state index in [0.29, 0.717) is 25.2 Å². The molecule has 442 valence electrons. The first-order valence-electron chi connectivity index (χ1n) is 25.4. The minimum Gasteiger partial charge on any atom is -0.726 e. The van der Waals surface area contributed by atoms with Gasteiger partial charge in [0, 0.05) is 39.2 Å². The molecule has 78 heavy (non-hydrogen) atoms. The minimum absolute atomic E-state index is 0.0426. The molecule has 13 N–H and O–H groups in total. The van der Waals surface area contributed by atoms with Gasteiger partial charge in [0.05, 0.1) is 33.0 Å². The summed E-state index contributed by atoms with van der Waals surface area (Å²) in [5.74, 6) is 3.36. The van der Waals surface area contributed by atoms with E-state index >= 15 is 0 Å². The molecular formula is C48H73N4O25S-. The number of nitrogens with one attached hydrogen (secondary N) is 4. The number of carbonyl (C=O) groups is 4. The van der Waals surface area contributed by atoms with Crippen LogP contribution in [0.3, 0.4) is 0 Å². The molecule has 0 aromatic heterocycles. The number of amides is 4. The molecule has 4 amide bonds. The van der Waals surface area contributed by atoms with Crippen molar-refractivity contribution >= 4 is 34.0 Å². The third kappa shape index (κ3) is 17.8. The Balaban J connectivity index is 1.35. The minimum atomic E-state index is -5.41. The number of hydrogen-bond acceptors (Lipinski definition) is 25. The molecular weight excluding hydrogens is 1060 g/mol. The standard InChI is InChI=1S/C48H74N4O25S/c1-5-6-7-8-9-10-11-12-13-17-69-27-16-14-15-26(18-27)44(64)52-33-37(60)36(59)28(19-53)72-46(33)75-41-29(20-54)73-47(34(39(41)62)50-24(3)57)76-42-30(21-55)74-48(35(40(42)63)51-25(4)58)77-43-31(22-70-78(66,67)68)71-45(65)32(38(43)61)49-23(2)56/h14-16,18,28-43,45-48,53-55,59-63,65H,5-9,12-13,17,19-22H2,1-4H3,(H,49,56)(H,50,57)(H,51,58)(H,52,64)(H,66,67,68)/p-1/t28?,29?,30?,31?,32?,33?,34?,35?,36-,37+,38?,39?,40+,41+,42-,43+,45?,46-,47+,48-/m0/s1. The molecule has 4 heterocycles. The highest BCUT2D eigenvalue weighted by Crippen LogP contribution is 2.35. The third-order valence-electron chi connectivity index (χ3n) is 13.0. The quantitative estimate of drug-likeness (QED) is 0.0188. The van der Waals surface area contributed by atoms with E-state index in [0.717, 1.165) is 46.5 Å². The van der Waals surface area contributed by atoms with Gasteiger partial charge in [0.1, 0.15) is 103 Å². The first kappa shape index (κ1) is 64.5. The van der Waals surface area contributed by atoms with Crippen LogP contribution in [0.2, 0.25) is 0 Å². The predicted molar refractivity (Wildman–Crippen MR) is 260 cm³/mol. The number of aliphatic hydroxyl groups is 9. The number of ether oxygens (including phenoxy) is 8. The van der Waals surface area contributed by atoms with E-state index < -0.39 is 183 Å². The maximum absolute atomic E-state index is 13.8. The molecule has 1 aromatic rings. The number of carbonyl (C=O) groups excluding carboxylic acids is 4. The summed E-state index contributed by atoms with van der Waals surface area (Å²) in [5.41, 5.74) is 0.0426. The van der Waals surface area contributed by atoms with Gasteiger partial charge in [0.2, 0.25) is 28.1 Å². The van der Waals surface area contributed by atoms with E-state index in [2.05, 4.69) is 44.2 Å². The predicted octanol–water partition coefficient (Wildman–Crippen LogP) is -5.26. The first-order chi connectivity index (χ1) is 37.0. The van der Waals surface area contributed by atoms with Gasteiger partial charge in [-0.05, 0) is 31.0 Å². The molecule has 4 aliphatic rings. The summed E-state index contributed by atoms with van der Waals surface area (Å²) < 4.78 is 85.6. The van der Waals surface area contributed by atoms with Crippen molar-refractivity contribution in [3.8, 4) is 17.6 Å². The second-order valence-electron chi connectivity index (χ2n) is 19.0. The highest BCUT2D eigenvalue weighted by Gasteiger charge is 2.56. The summed E-state index contributed by atoms with van der Waals surface area (Å²) in [5, 5.41) is 109. The lowest BCUT2D eigenvalue weighted by Crippen LogP contribution is -2.71. The molecule has 4 fully saturated rings. The van der Waals surface area contributed by atoms with Crippen molar-refractivity contribution in [2.24, 2.45) is 0 Å². The van der Waals surface area contributed by atoms with Crippen molar-refractivity contribution in [2.75, 3.05) is 33.0 Å². The lowest BCUT2D eigenvalue weighted by molar-refractivity contribution is -0.361. The molecule has 4 aliphatic heterocycles. The van der Waals surface area contributed by atoms with Crippen molar-refractivity contribution in [3.05, 3.63) is 29.8 Å². The van der Waals surface area contributed by atoms with Gasteiger partial charge in [0.25, 0.3) is 5.91 Å². The van der Waals surface area contributed by atoms with Gasteiger partial charge in [-0.1, -0.05) is 32.3 Å². The van der Waals surface area contributed by atoms with E-state index in [1.807, 2.05) is 0 Å². The fraction of sp³-hybridized carbons (Fsp3) is 0.750. The van der Waals surface area contributed by atoms with Gasteiger partial charge < -0.3 is 110 Å². The molecule has 0 bridgehead atoms. The van der Waals surface area contributed by atoms with Crippen LogP contribution in [0.4, 0.5) is 0 Å². The fourth-order valence-corrected chi connectivity index (χ4v) is 9.50. The second kappa shape index (κ2) is 30.5. The average Bonchev–Trinajstić information content (AvgIpc) is 3.47. The molecule has 0 aliphatic carbocycles. The molecule has 30 heteroatoms. The molecule has 0 saturated carbocycles. The van der Waals surface area contributed by atoms with Crippen molar-refractivity contribution in [3.63, 3.8) is 0 Å². The third-order valence-corrected chi connectivity index (χ3v) is 13.5. The molecule has 20 atom stereocenters. The van der Waals surface area contributed by atoms with Crippen LogP contribution in [0.5, 0.6) is 5.75 Å². The highest BCUT2D eigenvalue weighted by molar-refractivity contribution is 7.80. The molecule has 11 unspecified atom stereocenters. The van der Waals surface area contributed by atoms with Gasteiger partial charge in [-0.3, -0.25) is 23.4 Å². The number of unbranched alkanes of at least 4 members (excludes halogenated alkanes) is 5. The van der Waals surface area contributed by atoms with E-state index in [4.69, 9.17) is 37.9 Å². The van der Waals surface area contributed by atoms with Crippen LogP contribution in [-0.2, 0) is 62.1 Å². The van der Waals surface area contributed by atoms with E-state index in [1.165, 1.54) is 18.6 Å². The van der Waals surface area contributed by atoms with Crippen LogP contribution in [0, 0.1) is 11.8 Å². The summed E-state index contributed by atoms with van der Waals surface area (Å²) in [4.78, 5) is 51.1. The lowest BCUT2D eigenvalue weighted by Gasteiger charge is -2.51. The topological polar surface area (TPSA) is 439 Å². The van der Waals surface area contributed by atoms with Crippen LogP contribution in [0.25, 0.3) is 0 Å². The van der Waals surface area contributed by atoms with Crippen LogP contribution >= 0.6 is 0 Å². The molecule has 0 spiro atoms. The Bertz CT molecular complexity index is 2280. The SMILES string of the molecule is CCCCCCC#CCCCOc1cccc(C(=O)NC2[C@H](O[C@@H]3C(CO)O[C@H](O[C@H]4C(CO)O[C@@H](O[C@@H]5C(COS(=O)(=O)[O-])OC(O)C(NC(C)=O)C5O)C(NC(C)=O)[C@H]4O)C(NC(C)=O)C3O)OC(CO)[C@H](O)[C@@H]2O)c1. The van der Waals surface area contributed by atoms with Crippen LogP contribution in [-0.4, -0.2) is 238 Å². The summed E-state index contributed by atoms with van der Waals surface area (Å²) in [6.45, 7) is 1.41. The Morgan fingerprint density at radius 2 is 1.08 bits per heavy atom. The van der Waals surface area contributed by atoms with Crippen LogP contribution < -0.4 is 26.0 Å². The Morgan fingerprint density at radius 1 is 0.603 bits per heavy atom. The summed E-state index contributed by atoms with van der Waals surface area (Å²) in [6, 6.07) is -0.788. The van der Waals surface area contributed by atoms with Gasteiger partial charge >= 0.3 is 0 Å². The largest absolute Gasteiger partial charge is 0.726 e. The van der Waals surface area contributed by atoms with Crippen molar-refractivity contribution in [1.82, 2.24) is 21.3 Å². The zero-order chi connectivity index (χ0) is 57.4. The van der Waals surface area contributed by atoms with Crippen LogP contribution in [0.1, 0.15) is 83.0 Å². The highest BCUT2D eigenvalue weighted by atomic mass is 32.3. The van der Waals surface area contributed by atoms with E-state index in [9.17, 15) is 78.1 Å². The maximum atomic E-state index is 13.8. The molecule has 4 saturated heterocycles. The lowest BCUT2D eigenvalue weighted by atomic mass is 9.93. The van der Waals surface area contributed by atoms with Crippen molar-refractivity contribution < 1.29 is 120 Å². The smallest absolute Gasteiger partial charge is 0.251 e. The number of benzene rings is 1. The zero-order valence-corrected chi connectivity index (χ0v) is 44.1. The molecule has 5 rings (SSSR count). The van der Waals surface area contributed by atoms with Gasteiger partial charge in [0.15, 0.2) is 25.2 Å². The number of aliphatic hydroxyl groups excluding tert-OH is 9. The molecule has 0 radical (unpaired) electrons. The summed E-state index contributed by atoms with van der Waals surface area (Å²) in [6.07, 6.45) is -23.2. The van der Waals surface area contributed by atoms with E-state index in [1.54, 1.807) is 12.1 Å². The Kier molecular flexibility index (Phi) is 25.2. The normalized spacial score (nSPS) is 35.1. The number of rotatable bonds is 25. The number of hydrogen-bond donors (Lipinski definition) is 13. The zero-order valence-electron chi connectivity index (χ0n) is 43.3. The molecule has 1 aromatic carbocycles. The average molecular weight is 1140 g/mol.